The van der Waals surface area contributed by atoms with Gasteiger partial charge in [0.15, 0.2) is 11.5 Å². The third-order valence-corrected chi connectivity index (χ3v) is 3.84. The Hall–Kier alpha value is -1.69. The highest BCUT2D eigenvalue weighted by Crippen LogP contribution is 2.45. The van der Waals surface area contributed by atoms with Crippen LogP contribution in [-0.4, -0.2) is 14.2 Å². The molecule has 0 spiro atoms. The summed E-state index contributed by atoms with van der Waals surface area (Å²) in [5, 5.41) is 9.63. The highest BCUT2D eigenvalue weighted by atomic mass is 16.5. The molecule has 2 rings (SSSR count). The highest BCUT2D eigenvalue weighted by molar-refractivity contribution is 5.52. The van der Waals surface area contributed by atoms with Crippen molar-refractivity contribution in [2.75, 3.05) is 14.2 Å². The highest BCUT2D eigenvalue weighted by Gasteiger charge is 2.37. The van der Waals surface area contributed by atoms with Crippen LogP contribution in [0.3, 0.4) is 0 Å². The molecule has 0 heterocycles. The van der Waals surface area contributed by atoms with Gasteiger partial charge in [0, 0.05) is 5.56 Å². The number of methoxy groups -OCH3 is 2. The summed E-state index contributed by atoms with van der Waals surface area (Å²) < 4.78 is 10.8. The van der Waals surface area contributed by atoms with Crippen molar-refractivity contribution in [2.24, 2.45) is 0 Å². The molecule has 1 saturated carbocycles. The SMILES string of the molecule is COc1cccc(C2(C#N)CCCCC2)c1OC. The van der Waals surface area contributed by atoms with Crippen molar-refractivity contribution < 1.29 is 9.47 Å². The van der Waals surface area contributed by atoms with E-state index >= 15 is 0 Å². The maximum absolute atomic E-state index is 9.63. The van der Waals surface area contributed by atoms with Gasteiger partial charge in [0.05, 0.1) is 25.7 Å². The zero-order valence-corrected chi connectivity index (χ0v) is 11.0. The Balaban J connectivity index is 2.51. The van der Waals surface area contributed by atoms with Gasteiger partial charge in [0.1, 0.15) is 0 Å². The van der Waals surface area contributed by atoms with Crippen LogP contribution in [0.4, 0.5) is 0 Å². The molecule has 0 N–H and O–H groups in total. The Morgan fingerprint density at radius 1 is 1.11 bits per heavy atom. The van der Waals surface area contributed by atoms with Crippen LogP contribution in [0.2, 0.25) is 0 Å². The maximum Gasteiger partial charge on any atom is 0.165 e. The zero-order valence-electron chi connectivity index (χ0n) is 11.0. The normalized spacial score (nSPS) is 17.8. The Morgan fingerprint density at radius 2 is 1.83 bits per heavy atom. The minimum Gasteiger partial charge on any atom is -0.493 e. The number of nitrogens with zero attached hydrogens (tertiary/aromatic N) is 1. The molecule has 0 radical (unpaired) electrons. The molecule has 1 aromatic rings. The number of hydrogen-bond donors (Lipinski definition) is 0. The largest absolute Gasteiger partial charge is 0.493 e. The van der Waals surface area contributed by atoms with Gasteiger partial charge in [-0.05, 0) is 18.9 Å². The van der Waals surface area contributed by atoms with Crippen molar-refractivity contribution in [3.8, 4) is 17.6 Å². The van der Waals surface area contributed by atoms with E-state index in [1.807, 2.05) is 18.2 Å². The number of rotatable bonds is 3. The predicted molar refractivity (Wildman–Crippen MR) is 69.9 cm³/mol. The Labute approximate surface area is 108 Å². The Bertz CT molecular complexity index is 456. The first-order valence-electron chi connectivity index (χ1n) is 6.40. The van der Waals surface area contributed by atoms with E-state index in [1.54, 1.807) is 14.2 Å². The summed E-state index contributed by atoms with van der Waals surface area (Å²) in [6, 6.07) is 8.33. The van der Waals surface area contributed by atoms with E-state index in [0.717, 1.165) is 31.2 Å². The average molecular weight is 245 g/mol. The second-order valence-corrected chi connectivity index (χ2v) is 4.80. The van der Waals surface area contributed by atoms with Gasteiger partial charge in [-0.15, -0.1) is 0 Å². The summed E-state index contributed by atoms with van der Waals surface area (Å²) in [6.45, 7) is 0. The molecule has 1 fully saturated rings. The lowest BCUT2D eigenvalue weighted by Gasteiger charge is -2.32. The van der Waals surface area contributed by atoms with Gasteiger partial charge in [-0.25, -0.2) is 0 Å². The van der Waals surface area contributed by atoms with E-state index in [9.17, 15) is 5.26 Å². The molecule has 96 valence electrons. The van der Waals surface area contributed by atoms with E-state index in [-0.39, 0.29) is 0 Å². The summed E-state index contributed by atoms with van der Waals surface area (Å²) in [6.07, 6.45) is 5.25. The maximum atomic E-state index is 9.63. The second kappa shape index (κ2) is 5.30. The zero-order chi connectivity index (χ0) is 13.0. The van der Waals surface area contributed by atoms with Crippen LogP contribution >= 0.6 is 0 Å². The predicted octanol–water partition coefficient (Wildman–Crippen LogP) is 3.43. The van der Waals surface area contributed by atoms with Crippen LogP contribution in [0, 0.1) is 11.3 Å². The fourth-order valence-corrected chi connectivity index (χ4v) is 2.86. The van der Waals surface area contributed by atoms with Crippen molar-refractivity contribution in [2.45, 2.75) is 37.5 Å². The molecule has 3 nitrogen and oxygen atoms in total. The standard InChI is InChI=1S/C15H19NO2/c1-17-13-8-6-7-12(14(13)18-2)15(11-16)9-4-3-5-10-15/h6-8H,3-5,9-10H2,1-2H3. The van der Waals surface area contributed by atoms with Crippen LogP contribution in [0.15, 0.2) is 18.2 Å². The molecule has 18 heavy (non-hydrogen) atoms. The van der Waals surface area contributed by atoms with Gasteiger partial charge in [-0.1, -0.05) is 31.4 Å². The van der Waals surface area contributed by atoms with Gasteiger partial charge in [-0.3, -0.25) is 0 Å². The molecular weight excluding hydrogens is 226 g/mol. The topological polar surface area (TPSA) is 42.2 Å². The summed E-state index contributed by atoms with van der Waals surface area (Å²) in [4.78, 5) is 0. The Morgan fingerprint density at radius 3 is 2.39 bits per heavy atom. The van der Waals surface area contributed by atoms with E-state index in [2.05, 4.69) is 6.07 Å². The number of ether oxygens (including phenoxy) is 2. The minimum atomic E-state index is -0.405. The van der Waals surface area contributed by atoms with Gasteiger partial charge in [0.2, 0.25) is 0 Å². The van der Waals surface area contributed by atoms with E-state index in [0.29, 0.717) is 11.5 Å². The molecule has 1 aromatic carbocycles. The molecular formula is C15H19NO2. The fraction of sp³-hybridized carbons (Fsp3) is 0.533. The van der Waals surface area contributed by atoms with E-state index in [4.69, 9.17) is 9.47 Å². The quantitative estimate of drug-likeness (QED) is 0.819. The van der Waals surface area contributed by atoms with Crippen molar-refractivity contribution in [1.82, 2.24) is 0 Å². The lowest BCUT2D eigenvalue weighted by molar-refractivity contribution is 0.322. The Kier molecular flexibility index (Phi) is 3.76. The molecule has 0 atom stereocenters. The van der Waals surface area contributed by atoms with Gasteiger partial charge < -0.3 is 9.47 Å². The van der Waals surface area contributed by atoms with Crippen molar-refractivity contribution in [3.05, 3.63) is 23.8 Å². The van der Waals surface area contributed by atoms with Crippen molar-refractivity contribution in [1.29, 1.82) is 5.26 Å². The fourth-order valence-electron chi connectivity index (χ4n) is 2.86. The molecule has 0 amide bonds. The third kappa shape index (κ3) is 2.03. The van der Waals surface area contributed by atoms with Crippen LogP contribution in [0.1, 0.15) is 37.7 Å². The van der Waals surface area contributed by atoms with Crippen molar-refractivity contribution in [3.63, 3.8) is 0 Å². The second-order valence-electron chi connectivity index (χ2n) is 4.80. The molecule has 3 heteroatoms. The van der Waals surface area contributed by atoms with Crippen LogP contribution < -0.4 is 9.47 Å². The first-order chi connectivity index (χ1) is 8.77. The summed E-state index contributed by atoms with van der Waals surface area (Å²) >= 11 is 0. The molecule has 1 aliphatic rings. The van der Waals surface area contributed by atoms with Crippen LogP contribution in [0.25, 0.3) is 0 Å². The monoisotopic (exact) mass is 245 g/mol. The molecule has 0 saturated heterocycles. The molecule has 1 aliphatic carbocycles. The lowest BCUT2D eigenvalue weighted by atomic mass is 9.70. The van der Waals surface area contributed by atoms with Gasteiger partial charge in [-0.2, -0.15) is 5.26 Å². The molecule has 0 aromatic heterocycles. The first-order valence-corrected chi connectivity index (χ1v) is 6.40. The number of hydrogen-bond acceptors (Lipinski definition) is 3. The average Bonchev–Trinajstić information content (AvgIpc) is 2.47. The van der Waals surface area contributed by atoms with E-state index in [1.165, 1.54) is 6.42 Å². The molecule has 0 unspecified atom stereocenters. The number of nitriles is 1. The third-order valence-electron chi connectivity index (χ3n) is 3.84. The smallest absolute Gasteiger partial charge is 0.165 e. The van der Waals surface area contributed by atoms with Gasteiger partial charge in [0.25, 0.3) is 0 Å². The number of benzene rings is 1. The number of para-hydroxylation sites is 1. The van der Waals surface area contributed by atoms with Gasteiger partial charge >= 0.3 is 0 Å². The minimum absolute atomic E-state index is 0.405. The first kappa shape index (κ1) is 12.8. The summed E-state index contributed by atoms with van der Waals surface area (Å²) in [5.41, 5.74) is 0.574. The molecule has 0 bridgehead atoms. The summed E-state index contributed by atoms with van der Waals surface area (Å²) in [7, 11) is 3.26. The van der Waals surface area contributed by atoms with E-state index < -0.39 is 5.41 Å². The van der Waals surface area contributed by atoms with Crippen LogP contribution in [0.5, 0.6) is 11.5 Å². The lowest BCUT2D eigenvalue weighted by Crippen LogP contribution is -2.27. The molecule has 0 aliphatic heterocycles. The van der Waals surface area contributed by atoms with Crippen LogP contribution in [-0.2, 0) is 5.41 Å². The van der Waals surface area contributed by atoms with Crippen molar-refractivity contribution >= 4 is 0 Å². The summed E-state index contributed by atoms with van der Waals surface area (Å²) in [5.74, 6) is 1.42.